The Balaban J connectivity index is 1.69. The van der Waals surface area contributed by atoms with Crippen molar-refractivity contribution in [2.75, 3.05) is 5.32 Å². The van der Waals surface area contributed by atoms with Gasteiger partial charge in [-0.2, -0.15) is 0 Å². The molecule has 7 heteroatoms. The molecule has 1 aliphatic rings. The highest BCUT2D eigenvalue weighted by molar-refractivity contribution is 6.01. The third kappa shape index (κ3) is 1.74. The van der Waals surface area contributed by atoms with Crippen molar-refractivity contribution in [1.29, 1.82) is 0 Å². The molecule has 0 radical (unpaired) electrons. The number of anilines is 1. The first-order valence-electron chi connectivity index (χ1n) is 6.70. The molecule has 1 N–H and O–H groups in total. The zero-order valence-electron chi connectivity index (χ0n) is 11.4. The molecule has 106 valence electrons. The number of nitrogens with one attached hydrogen (secondary N) is 1. The van der Waals surface area contributed by atoms with Gasteiger partial charge in [0.05, 0.1) is 18.1 Å². The highest BCUT2D eigenvalue weighted by atomic mass is 16.3. The van der Waals surface area contributed by atoms with Crippen molar-refractivity contribution in [3.8, 4) is 0 Å². The van der Waals surface area contributed by atoms with E-state index in [0.29, 0.717) is 17.2 Å². The number of aromatic nitrogens is 4. The third-order valence-corrected chi connectivity index (χ3v) is 3.93. The van der Waals surface area contributed by atoms with E-state index in [2.05, 4.69) is 20.3 Å². The average Bonchev–Trinajstić information content (AvgIpc) is 2.99. The second kappa shape index (κ2) is 4.15. The summed E-state index contributed by atoms with van der Waals surface area (Å²) >= 11 is 0. The Morgan fingerprint density at radius 1 is 1.38 bits per heavy atom. The van der Waals surface area contributed by atoms with E-state index in [9.17, 15) is 4.79 Å². The number of oxazole rings is 1. The van der Waals surface area contributed by atoms with E-state index < -0.39 is 5.41 Å². The molecule has 0 spiro atoms. The maximum Gasteiger partial charge on any atom is 0.239 e. The molecule has 1 saturated carbocycles. The van der Waals surface area contributed by atoms with Crippen LogP contribution in [0.3, 0.4) is 0 Å². The molecular weight excluding hydrogens is 270 g/mol. The Labute approximate surface area is 120 Å². The largest absolute Gasteiger partial charge is 0.447 e. The Hall–Kier alpha value is -2.70. The molecule has 3 aromatic rings. The topological polar surface area (TPSA) is 85.3 Å². The lowest BCUT2D eigenvalue weighted by atomic mass is 10.0. The predicted octanol–water partition coefficient (Wildman–Crippen LogP) is 1.70. The van der Waals surface area contributed by atoms with Crippen LogP contribution in [0.4, 0.5) is 5.82 Å². The molecular formula is C14H13N5O2. The molecule has 7 nitrogen and oxygen atoms in total. The molecule has 4 rings (SSSR count). The summed E-state index contributed by atoms with van der Waals surface area (Å²) in [7, 11) is 0. The van der Waals surface area contributed by atoms with Gasteiger partial charge in [0.15, 0.2) is 12.0 Å². The van der Waals surface area contributed by atoms with Gasteiger partial charge in [0, 0.05) is 12.4 Å². The van der Waals surface area contributed by atoms with Crippen LogP contribution in [0.1, 0.15) is 24.3 Å². The lowest BCUT2D eigenvalue weighted by Crippen LogP contribution is -2.28. The highest BCUT2D eigenvalue weighted by Gasteiger charge is 2.54. The van der Waals surface area contributed by atoms with Crippen LogP contribution in [0, 0.1) is 6.92 Å². The number of carbonyl (C=O) groups excluding carboxylic acids is 1. The molecule has 0 aliphatic heterocycles. The number of nitrogens with zero attached hydrogens (tertiary/aromatic N) is 4. The van der Waals surface area contributed by atoms with Crippen LogP contribution in [0.5, 0.6) is 0 Å². The van der Waals surface area contributed by atoms with Crippen LogP contribution in [0.15, 0.2) is 35.6 Å². The van der Waals surface area contributed by atoms with Crippen LogP contribution in [0.25, 0.3) is 5.65 Å². The molecule has 3 aromatic heterocycles. The van der Waals surface area contributed by atoms with E-state index in [1.807, 2.05) is 11.3 Å². The molecule has 0 aromatic carbocycles. The van der Waals surface area contributed by atoms with Crippen LogP contribution in [-0.4, -0.2) is 25.3 Å². The summed E-state index contributed by atoms with van der Waals surface area (Å²) in [6.07, 6.45) is 9.60. The smallest absolute Gasteiger partial charge is 0.239 e. The highest BCUT2D eigenvalue weighted by Crippen LogP contribution is 2.49. The van der Waals surface area contributed by atoms with Crippen molar-refractivity contribution >= 4 is 17.4 Å². The van der Waals surface area contributed by atoms with Crippen molar-refractivity contribution in [1.82, 2.24) is 19.4 Å². The Bertz CT molecular complexity index is 817. The number of hydrogen-bond donors (Lipinski definition) is 1. The Morgan fingerprint density at radius 3 is 2.95 bits per heavy atom. The number of fused-ring (bicyclic) bond motifs is 1. The van der Waals surface area contributed by atoms with Crippen molar-refractivity contribution in [3.63, 3.8) is 0 Å². The second-order valence-corrected chi connectivity index (χ2v) is 5.25. The minimum absolute atomic E-state index is 0.0824. The minimum atomic E-state index is -0.583. The number of carbonyl (C=O) groups is 1. The van der Waals surface area contributed by atoms with Gasteiger partial charge in [-0.3, -0.25) is 14.2 Å². The van der Waals surface area contributed by atoms with E-state index >= 15 is 0 Å². The zero-order valence-corrected chi connectivity index (χ0v) is 11.4. The van der Waals surface area contributed by atoms with E-state index in [1.165, 1.54) is 6.39 Å². The van der Waals surface area contributed by atoms with E-state index in [-0.39, 0.29) is 5.91 Å². The first-order chi connectivity index (χ1) is 10.2. The third-order valence-electron chi connectivity index (χ3n) is 3.93. The van der Waals surface area contributed by atoms with E-state index in [0.717, 1.165) is 18.5 Å². The lowest BCUT2D eigenvalue weighted by molar-refractivity contribution is -0.118. The Kier molecular flexibility index (Phi) is 2.38. The summed E-state index contributed by atoms with van der Waals surface area (Å²) < 4.78 is 7.13. The standard InChI is InChI=1S/C14H13N5O2/c1-9-12(19-5-4-15-7-11(19)17-9)18-13(20)14(2-3-14)10-6-16-8-21-10/h4-8H,2-3H2,1H3,(H,18,20). The van der Waals surface area contributed by atoms with Gasteiger partial charge in [-0.15, -0.1) is 0 Å². The average molecular weight is 283 g/mol. The predicted molar refractivity (Wildman–Crippen MR) is 73.8 cm³/mol. The minimum Gasteiger partial charge on any atom is -0.447 e. The molecule has 3 heterocycles. The van der Waals surface area contributed by atoms with E-state index in [1.54, 1.807) is 24.8 Å². The number of imidazole rings is 1. The van der Waals surface area contributed by atoms with E-state index in [4.69, 9.17) is 4.42 Å². The van der Waals surface area contributed by atoms with Gasteiger partial charge in [0.25, 0.3) is 0 Å². The normalized spacial score (nSPS) is 16.0. The molecule has 0 bridgehead atoms. The van der Waals surface area contributed by atoms with Crippen molar-refractivity contribution in [2.24, 2.45) is 0 Å². The van der Waals surface area contributed by atoms with Gasteiger partial charge < -0.3 is 9.73 Å². The monoisotopic (exact) mass is 283 g/mol. The summed E-state index contributed by atoms with van der Waals surface area (Å²) in [6, 6.07) is 0. The fourth-order valence-corrected chi connectivity index (χ4v) is 2.56. The SMILES string of the molecule is Cc1nc2cnccn2c1NC(=O)C1(c2cnco2)CC1. The summed E-state index contributed by atoms with van der Waals surface area (Å²) in [4.78, 5) is 24.9. The van der Waals surface area contributed by atoms with Gasteiger partial charge in [-0.05, 0) is 19.8 Å². The lowest BCUT2D eigenvalue weighted by Gasteiger charge is -2.12. The summed E-state index contributed by atoms with van der Waals surface area (Å²) in [5, 5.41) is 2.97. The second-order valence-electron chi connectivity index (χ2n) is 5.25. The van der Waals surface area contributed by atoms with Gasteiger partial charge >= 0.3 is 0 Å². The van der Waals surface area contributed by atoms with Gasteiger partial charge in [0.1, 0.15) is 17.0 Å². The van der Waals surface area contributed by atoms with Gasteiger partial charge in [0.2, 0.25) is 5.91 Å². The number of rotatable bonds is 3. The van der Waals surface area contributed by atoms with Crippen molar-refractivity contribution in [2.45, 2.75) is 25.2 Å². The molecule has 1 amide bonds. The molecule has 1 fully saturated rings. The zero-order chi connectivity index (χ0) is 14.4. The van der Waals surface area contributed by atoms with Crippen LogP contribution in [-0.2, 0) is 10.2 Å². The summed E-state index contributed by atoms with van der Waals surface area (Å²) in [5.41, 5.74) is 0.875. The van der Waals surface area contributed by atoms with Crippen molar-refractivity contribution < 1.29 is 9.21 Å². The maximum absolute atomic E-state index is 12.6. The fourth-order valence-electron chi connectivity index (χ4n) is 2.56. The number of aryl methyl sites for hydroxylation is 1. The first-order valence-corrected chi connectivity index (χ1v) is 6.70. The van der Waals surface area contributed by atoms with Crippen molar-refractivity contribution in [3.05, 3.63) is 42.6 Å². The number of amides is 1. The fraction of sp³-hybridized carbons (Fsp3) is 0.286. The quantitative estimate of drug-likeness (QED) is 0.790. The first kappa shape index (κ1) is 12.1. The number of hydrogen-bond acceptors (Lipinski definition) is 5. The Morgan fingerprint density at radius 2 is 2.24 bits per heavy atom. The van der Waals surface area contributed by atoms with Crippen LogP contribution in [0.2, 0.25) is 0 Å². The van der Waals surface area contributed by atoms with Gasteiger partial charge in [-0.1, -0.05) is 0 Å². The molecule has 0 unspecified atom stereocenters. The van der Waals surface area contributed by atoms with Crippen LogP contribution < -0.4 is 5.32 Å². The van der Waals surface area contributed by atoms with Crippen LogP contribution >= 0.6 is 0 Å². The summed E-state index contributed by atoms with van der Waals surface area (Å²) in [5.74, 6) is 1.21. The van der Waals surface area contributed by atoms with Gasteiger partial charge in [-0.25, -0.2) is 9.97 Å². The molecule has 21 heavy (non-hydrogen) atoms. The molecule has 0 saturated heterocycles. The maximum atomic E-state index is 12.6. The molecule has 0 atom stereocenters. The summed E-state index contributed by atoms with van der Waals surface area (Å²) in [6.45, 7) is 1.86. The molecule has 1 aliphatic carbocycles.